The fourth-order valence-corrected chi connectivity index (χ4v) is 1.37. The third-order valence-corrected chi connectivity index (χ3v) is 2.38. The lowest BCUT2D eigenvalue weighted by Crippen LogP contribution is -2.39. The number of amides is 2. The highest BCUT2D eigenvalue weighted by atomic mass is 19.1. The van der Waals surface area contributed by atoms with Crippen molar-refractivity contribution in [2.45, 2.75) is 0 Å². The van der Waals surface area contributed by atoms with E-state index in [0.29, 0.717) is 6.54 Å². The van der Waals surface area contributed by atoms with Crippen LogP contribution in [0.4, 0.5) is 4.39 Å². The quantitative estimate of drug-likeness (QED) is 0.776. The highest BCUT2D eigenvalue weighted by Gasteiger charge is 2.08. The Labute approximate surface area is 111 Å². The molecule has 6 heteroatoms. The van der Waals surface area contributed by atoms with Crippen molar-refractivity contribution in [3.8, 4) is 0 Å². The Morgan fingerprint density at radius 2 is 2.00 bits per heavy atom. The second-order valence-electron chi connectivity index (χ2n) is 4.35. The summed E-state index contributed by atoms with van der Waals surface area (Å²) >= 11 is 0. The minimum absolute atomic E-state index is 0.122. The van der Waals surface area contributed by atoms with E-state index in [4.69, 9.17) is 0 Å². The molecule has 104 valence electrons. The van der Waals surface area contributed by atoms with E-state index in [1.54, 1.807) is 0 Å². The van der Waals surface area contributed by atoms with Crippen molar-refractivity contribution >= 4 is 11.8 Å². The summed E-state index contributed by atoms with van der Waals surface area (Å²) in [5.41, 5.74) is 0.195. The lowest BCUT2D eigenvalue weighted by molar-refractivity contribution is -0.120. The molecular weight excluding hydrogens is 249 g/mol. The lowest BCUT2D eigenvalue weighted by Gasteiger charge is -2.10. The average molecular weight is 267 g/mol. The zero-order valence-electron chi connectivity index (χ0n) is 11.1. The fourth-order valence-electron chi connectivity index (χ4n) is 1.37. The normalized spacial score (nSPS) is 10.3. The van der Waals surface area contributed by atoms with Crippen LogP contribution in [0, 0.1) is 5.82 Å². The Balaban J connectivity index is 2.32. The summed E-state index contributed by atoms with van der Waals surface area (Å²) in [4.78, 5) is 25.0. The van der Waals surface area contributed by atoms with Crippen LogP contribution in [0.15, 0.2) is 24.3 Å². The highest BCUT2D eigenvalue weighted by Crippen LogP contribution is 2.02. The molecule has 1 aromatic carbocycles. The van der Waals surface area contributed by atoms with Gasteiger partial charge in [0.05, 0.1) is 6.54 Å². The molecule has 2 amide bonds. The van der Waals surface area contributed by atoms with Gasteiger partial charge in [-0.2, -0.15) is 0 Å². The number of nitrogens with zero attached hydrogens (tertiary/aromatic N) is 1. The number of carbonyl (C=O) groups is 2. The molecule has 0 spiro atoms. The van der Waals surface area contributed by atoms with Crippen molar-refractivity contribution in [2.24, 2.45) is 0 Å². The molecule has 0 radical (unpaired) electrons. The van der Waals surface area contributed by atoms with Crippen molar-refractivity contribution in [2.75, 3.05) is 33.7 Å². The summed E-state index contributed by atoms with van der Waals surface area (Å²) < 4.78 is 12.9. The van der Waals surface area contributed by atoms with Gasteiger partial charge in [0.1, 0.15) is 5.82 Å². The van der Waals surface area contributed by atoms with Crippen LogP contribution in [0.5, 0.6) is 0 Å². The van der Waals surface area contributed by atoms with Gasteiger partial charge >= 0.3 is 0 Å². The first-order valence-electron chi connectivity index (χ1n) is 5.94. The molecule has 0 fully saturated rings. The van der Waals surface area contributed by atoms with E-state index in [9.17, 15) is 14.0 Å². The number of hydrogen-bond acceptors (Lipinski definition) is 3. The standard InChI is InChI=1S/C13H18FN3O2/c1-17(2)7-6-15-12(18)9-16-13(19)10-4-3-5-11(14)8-10/h3-5,8H,6-7,9H2,1-2H3,(H,15,18)(H,16,19). The summed E-state index contributed by atoms with van der Waals surface area (Å²) in [6.45, 7) is 1.12. The molecule has 1 aromatic rings. The number of halogens is 1. The molecule has 0 aliphatic heterocycles. The van der Waals surface area contributed by atoms with Crippen molar-refractivity contribution in [3.05, 3.63) is 35.6 Å². The third-order valence-electron chi connectivity index (χ3n) is 2.38. The minimum atomic E-state index is -0.483. The van der Waals surface area contributed by atoms with Crippen LogP contribution in [0.1, 0.15) is 10.4 Å². The molecule has 0 aromatic heterocycles. The van der Waals surface area contributed by atoms with Gasteiger partial charge in [0.15, 0.2) is 0 Å². The Kier molecular flexibility index (Phi) is 5.95. The summed E-state index contributed by atoms with van der Waals surface area (Å²) in [7, 11) is 3.80. The van der Waals surface area contributed by atoms with Crippen LogP contribution >= 0.6 is 0 Å². The zero-order chi connectivity index (χ0) is 14.3. The van der Waals surface area contributed by atoms with E-state index in [1.165, 1.54) is 18.2 Å². The van der Waals surface area contributed by atoms with Crippen molar-refractivity contribution < 1.29 is 14.0 Å². The Morgan fingerprint density at radius 1 is 1.26 bits per heavy atom. The van der Waals surface area contributed by atoms with Gasteiger partial charge in [0.2, 0.25) is 5.91 Å². The van der Waals surface area contributed by atoms with Gasteiger partial charge in [0.25, 0.3) is 5.91 Å². The smallest absolute Gasteiger partial charge is 0.251 e. The fraction of sp³-hybridized carbons (Fsp3) is 0.385. The molecular formula is C13H18FN3O2. The van der Waals surface area contributed by atoms with Crippen LogP contribution in [-0.4, -0.2) is 50.4 Å². The van der Waals surface area contributed by atoms with Gasteiger partial charge in [0, 0.05) is 18.7 Å². The van der Waals surface area contributed by atoms with Crippen molar-refractivity contribution in [1.29, 1.82) is 0 Å². The van der Waals surface area contributed by atoms with E-state index >= 15 is 0 Å². The van der Waals surface area contributed by atoms with Gasteiger partial charge in [-0.15, -0.1) is 0 Å². The molecule has 0 unspecified atom stereocenters. The largest absolute Gasteiger partial charge is 0.353 e. The van der Waals surface area contributed by atoms with Gasteiger partial charge in [-0.1, -0.05) is 6.07 Å². The monoisotopic (exact) mass is 267 g/mol. The number of carbonyl (C=O) groups excluding carboxylic acids is 2. The van der Waals surface area contributed by atoms with E-state index in [0.717, 1.165) is 12.6 Å². The van der Waals surface area contributed by atoms with E-state index < -0.39 is 11.7 Å². The van der Waals surface area contributed by atoms with Gasteiger partial charge in [-0.05, 0) is 32.3 Å². The maximum absolute atomic E-state index is 12.9. The van der Waals surface area contributed by atoms with Crippen LogP contribution in [0.3, 0.4) is 0 Å². The Bertz CT molecular complexity index is 449. The molecule has 19 heavy (non-hydrogen) atoms. The van der Waals surface area contributed by atoms with Crippen LogP contribution in [-0.2, 0) is 4.79 Å². The van der Waals surface area contributed by atoms with E-state index in [2.05, 4.69) is 10.6 Å². The van der Waals surface area contributed by atoms with Crippen molar-refractivity contribution in [3.63, 3.8) is 0 Å². The molecule has 0 aliphatic carbocycles. The average Bonchev–Trinajstić information content (AvgIpc) is 2.35. The minimum Gasteiger partial charge on any atom is -0.353 e. The maximum Gasteiger partial charge on any atom is 0.251 e. The zero-order valence-corrected chi connectivity index (χ0v) is 11.1. The second-order valence-corrected chi connectivity index (χ2v) is 4.35. The van der Waals surface area contributed by atoms with Crippen LogP contribution < -0.4 is 10.6 Å². The first-order chi connectivity index (χ1) is 8.99. The molecule has 0 heterocycles. The molecule has 0 atom stereocenters. The lowest BCUT2D eigenvalue weighted by atomic mass is 10.2. The van der Waals surface area contributed by atoms with Crippen LogP contribution in [0.2, 0.25) is 0 Å². The first kappa shape index (κ1) is 15.1. The first-order valence-corrected chi connectivity index (χ1v) is 5.94. The Morgan fingerprint density at radius 3 is 2.63 bits per heavy atom. The number of hydrogen-bond donors (Lipinski definition) is 2. The predicted molar refractivity (Wildman–Crippen MR) is 70.3 cm³/mol. The second kappa shape index (κ2) is 7.48. The number of rotatable bonds is 6. The SMILES string of the molecule is CN(C)CCNC(=O)CNC(=O)c1cccc(F)c1. The Hall–Kier alpha value is -1.95. The number of nitrogens with one attached hydrogen (secondary N) is 2. The van der Waals surface area contributed by atoms with Gasteiger partial charge in [-0.3, -0.25) is 9.59 Å². The molecule has 1 rings (SSSR count). The summed E-state index contributed by atoms with van der Waals surface area (Å²) in [6, 6.07) is 5.31. The highest BCUT2D eigenvalue weighted by molar-refractivity contribution is 5.96. The van der Waals surface area contributed by atoms with E-state index in [1.807, 2.05) is 19.0 Å². The molecule has 0 saturated carbocycles. The molecule has 0 bridgehead atoms. The summed E-state index contributed by atoms with van der Waals surface area (Å²) in [5, 5.41) is 5.10. The van der Waals surface area contributed by atoms with Crippen LogP contribution in [0.25, 0.3) is 0 Å². The van der Waals surface area contributed by atoms with E-state index in [-0.39, 0.29) is 18.0 Å². The summed E-state index contributed by atoms with van der Waals surface area (Å²) in [5.74, 6) is -1.23. The number of benzene rings is 1. The summed E-state index contributed by atoms with van der Waals surface area (Å²) in [6.07, 6.45) is 0. The maximum atomic E-state index is 12.9. The topological polar surface area (TPSA) is 61.4 Å². The van der Waals surface area contributed by atoms with Gasteiger partial charge < -0.3 is 15.5 Å². The number of likely N-dealkylation sites (N-methyl/N-ethyl adjacent to an activating group) is 1. The van der Waals surface area contributed by atoms with Crippen molar-refractivity contribution in [1.82, 2.24) is 15.5 Å². The van der Waals surface area contributed by atoms with Gasteiger partial charge in [-0.25, -0.2) is 4.39 Å². The third kappa shape index (κ3) is 5.96. The molecule has 0 aliphatic rings. The molecule has 5 nitrogen and oxygen atoms in total. The molecule has 2 N–H and O–H groups in total. The predicted octanol–water partition coefficient (Wildman–Crippen LogP) is 0.233. The molecule has 0 saturated heterocycles.